The predicted molar refractivity (Wildman–Crippen MR) is 80.4 cm³/mol. The molecule has 4 nitrogen and oxygen atoms in total. The summed E-state index contributed by atoms with van der Waals surface area (Å²) >= 11 is 7.63. The van der Waals surface area contributed by atoms with E-state index in [9.17, 15) is 8.42 Å². The van der Waals surface area contributed by atoms with Crippen molar-refractivity contribution in [2.24, 2.45) is 5.73 Å². The Bertz CT molecular complexity index is 488. The highest BCUT2D eigenvalue weighted by Gasteiger charge is 2.28. The molecule has 17 heavy (non-hydrogen) atoms. The van der Waals surface area contributed by atoms with Crippen LogP contribution in [0.5, 0.6) is 0 Å². The predicted octanol–water partition coefficient (Wildman–Crippen LogP) is 2.71. The summed E-state index contributed by atoms with van der Waals surface area (Å²) in [5.41, 5.74) is 4.83. The molecule has 0 aromatic carbocycles. The van der Waals surface area contributed by atoms with Gasteiger partial charge in [-0.1, -0.05) is 0 Å². The van der Waals surface area contributed by atoms with Crippen LogP contribution in [0.3, 0.4) is 0 Å². The van der Waals surface area contributed by atoms with Crippen molar-refractivity contribution in [3.05, 3.63) is 14.3 Å². The number of hydrogen-bond donors (Lipinski definition) is 2. The molecule has 0 unspecified atom stereocenters. The summed E-state index contributed by atoms with van der Waals surface area (Å²) in [5.74, 6) is 0. The first-order valence-electron chi connectivity index (χ1n) is 4.36. The summed E-state index contributed by atoms with van der Waals surface area (Å²) in [6, 6.07) is 0. The number of nitrogens with two attached hydrogens (primary N) is 1. The van der Waals surface area contributed by atoms with Crippen LogP contribution in [0.25, 0.3) is 0 Å². The molecule has 0 amide bonds. The minimum Gasteiger partial charge on any atom is -0.329 e. The third-order valence-electron chi connectivity index (χ3n) is 1.82. The van der Waals surface area contributed by atoms with Crippen molar-refractivity contribution in [3.8, 4) is 0 Å². The van der Waals surface area contributed by atoms with E-state index in [0.29, 0.717) is 4.47 Å². The van der Waals surface area contributed by atoms with Crippen LogP contribution in [0.1, 0.15) is 13.8 Å². The number of hydrogen-bond acceptors (Lipinski definition) is 4. The lowest BCUT2D eigenvalue weighted by Gasteiger charge is -2.23. The van der Waals surface area contributed by atoms with Crippen molar-refractivity contribution >= 4 is 65.6 Å². The lowest BCUT2D eigenvalue weighted by atomic mass is 10.1. The number of sulfonamides is 1. The van der Waals surface area contributed by atoms with Crippen molar-refractivity contribution in [2.75, 3.05) is 6.54 Å². The third-order valence-corrected chi connectivity index (χ3v) is 7.86. The number of halogens is 3. The Morgan fingerprint density at radius 1 is 1.47 bits per heavy atom. The van der Waals surface area contributed by atoms with Gasteiger partial charge in [0.05, 0.1) is 4.47 Å². The molecule has 0 radical (unpaired) electrons. The van der Waals surface area contributed by atoms with Crippen LogP contribution in [0.4, 0.5) is 0 Å². The molecule has 0 atom stereocenters. The van der Waals surface area contributed by atoms with Gasteiger partial charge in [0, 0.05) is 21.9 Å². The van der Waals surface area contributed by atoms with Gasteiger partial charge in [0.1, 0.15) is 4.21 Å². The molecule has 9 heteroatoms. The quantitative estimate of drug-likeness (QED) is 0.775. The summed E-state index contributed by atoms with van der Waals surface area (Å²) < 4.78 is 28.1. The minimum atomic E-state index is -3.53. The number of rotatable bonds is 4. The Kier molecular flexibility index (Phi) is 6.62. The van der Waals surface area contributed by atoms with Gasteiger partial charge < -0.3 is 5.73 Å². The van der Waals surface area contributed by atoms with Gasteiger partial charge in [-0.3, -0.25) is 0 Å². The molecule has 0 aliphatic rings. The van der Waals surface area contributed by atoms with Crippen molar-refractivity contribution in [2.45, 2.75) is 23.6 Å². The van der Waals surface area contributed by atoms with E-state index in [1.165, 1.54) is 0 Å². The second kappa shape index (κ2) is 6.31. The molecule has 0 spiro atoms. The molecule has 0 bridgehead atoms. The zero-order valence-electron chi connectivity index (χ0n) is 9.16. The Morgan fingerprint density at radius 2 is 2.00 bits per heavy atom. The van der Waals surface area contributed by atoms with Gasteiger partial charge in [0.15, 0.2) is 0 Å². The van der Waals surface area contributed by atoms with Gasteiger partial charge in [-0.05, 0) is 45.7 Å². The van der Waals surface area contributed by atoms with Crippen molar-refractivity contribution in [1.82, 2.24) is 4.72 Å². The van der Waals surface area contributed by atoms with Crippen LogP contribution in [-0.4, -0.2) is 20.5 Å². The molecule has 1 aromatic rings. The lowest BCUT2D eigenvalue weighted by Crippen LogP contribution is -2.48. The van der Waals surface area contributed by atoms with E-state index >= 15 is 0 Å². The van der Waals surface area contributed by atoms with Crippen LogP contribution >= 0.6 is 55.6 Å². The molecule has 0 saturated heterocycles. The molecule has 1 heterocycles. The van der Waals surface area contributed by atoms with Gasteiger partial charge in [-0.15, -0.1) is 23.7 Å². The number of nitrogens with one attached hydrogen (secondary N) is 1. The van der Waals surface area contributed by atoms with Crippen molar-refractivity contribution in [3.63, 3.8) is 0 Å². The molecule has 0 aliphatic heterocycles. The topological polar surface area (TPSA) is 72.2 Å². The molecule has 100 valence electrons. The monoisotopic (exact) mass is 426 g/mol. The average Bonchev–Trinajstić information content (AvgIpc) is 2.46. The van der Waals surface area contributed by atoms with E-state index in [1.54, 1.807) is 19.2 Å². The van der Waals surface area contributed by atoms with Gasteiger partial charge >= 0.3 is 0 Å². The molecule has 1 aromatic heterocycles. The average molecular weight is 429 g/mol. The largest absolute Gasteiger partial charge is 0.329 e. The first-order chi connectivity index (χ1) is 7.19. The maximum absolute atomic E-state index is 12.0. The SMILES string of the molecule is CC(C)(CN)NS(=O)(=O)c1scc(Br)c1Br.Cl. The fourth-order valence-electron chi connectivity index (χ4n) is 0.939. The van der Waals surface area contributed by atoms with Crippen LogP contribution in [0, 0.1) is 0 Å². The van der Waals surface area contributed by atoms with E-state index < -0.39 is 15.6 Å². The van der Waals surface area contributed by atoms with Crippen molar-refractivity contribution in [1.29, 1.82) is 0 Å². The van der Waals surface area contributed by atoms with E-state index in [1.807, 2.05) is 0 Å². The Morgan fingerprint density at radius 3 is 2.35 bits per heavy atom. The van der Waals surface area contributed by atoms with Gasteiger partial charge in [-0.2, -0.15) is 0 Å². The highest BCUT2D eigenvalue weighted by molar-refractivity contribution is 9.13. The summed E-state index contributed by atoms with van der Waals surface area (Å²) in [4.78, 5) is 0. The van der Waals surface area contributed by atoms with Crippen LogP contribution < -0.4 is 10.5 Å². The van der Waals surface area contributed by atoms with Gasteiger partial charge in [0.2, 0.25) is 0 Å². The zero-order chi connectivity index (χ0) is 12.6. The maximum atomic E-state index is 12.0. The molecule has 0 fully saturated rings. The van der Waals surface area contributed by atoms with Crippen LogP contribution in [-0.2, 0) is 10.0 Å². The molecular formula is C8H13Br2ClN2O2S2. The lowest BCUT2D eigenvalue weighted by molar-refractivity contribution is 0.463. The molecule has 0 aliphatic carbocycles. The van der Waals surface area contributed by atoms with Gasteiger partial charge in [0.25, 0.3) is 10.0 Å². The molecule has 0 saturated carbocycles. The van der Waals surface area contributed by atoms with Crippen LogP contribution in [0.2, 0.25) is 0 Å². The first-order valence-corrected chi connectivity index (χ1v) is 8.31. The van der Waals surface area contributed by atoms with E-state index in [-0.39, 0.29) is 23.2 Å². The van der Waals surface area contributed by atoms with E-state index in [2.05, 4.69) is 36.6 Å². The second-order valence-electron chi connectivity index (χ2n) is 3.88. The van der Waals surface area contributed by atoms with Gasteiger partial charge in [-0.25, -0.2) is 13.1 Å². The summed E-state index contributed by atoms with van der Waals surface area (Å²) in [5, 5.41) is 1.72. The Labute approximate surface area is 128 Å². The minimum absolute atomic E-state index is 0. The zero-order valence-corrected chi connectivity index (χ0v) is 14.8. The Hall–Kier alpha value is 0.820. The van der Waals surface area contributed by atoms with E-state index in [4.69, 9.17) is 5.73 Å². The summed E-state index contributed by atoms with van der Waals surface area (Å²) in [6.07, 6.45) is 0. The first kappa shape index (κ1) is 17.8. The van der Waals surface area contributed by atoms with Crippen LogP contribution in [0.15, 0.2) is 18.5 Å². The highest BCUT2D eigenvalue weighted by Crippen LogP contribution is 2.36. The normalized spacial score (nSPS) is 12.3. The smallest absolute Gasteiger partial charge is 0.251 e. The highest BCUT2D eigenvalue weighted by atomic mass is 79.9. The third kappa shape index (κ3) is 4.45. The molecular weight excluding hydrogens is 415 g/mol. The second-order valence-corrected chi connectivity index (χ2v) is 8.28. The maximum Gasteiger partial charge on any atom is 0.251 e. The molecule has 3 N–H and O–H groups in total. The number of thiophene rings is 1. The molecule has 1 rings (SSSR count). The fourth-order valence-corrected chi connectivity index (χ4v) is 5.43. The standard InChI is InChI=1S/C8H12Br2N2O2S2.ClH/c1-8(2,4-11)12-16(13,14)7-6(10)5(9)3-15-7;/h3,12H,4,11H2,1-2H3;1H. The Balaban J connectivity index is 0.00000256. The summed E-state index contributed by atoms with van der Waals surface area (Å²) in [7, 11) is -3.53. The fraction of sp³-hybridized carbons (Fsp3) is 0.500. The van der Waals surface area contributed by atoms with Crippen molar-refractivity contribution < 1.29 is 8.42 Å². The van der Waals surface area contributed by atoms with E-state index in [0.717, 1.165) is 15.8 Å². The summed E-state index contributed by atoms with van der Waals surface area (Å²) in [6.45, 7) is 3.71.